The van der Waals surface area contributed by atoms with Crippen molar-refractivity contribution in [2.24, 2.45) is 0 Å². The highest BCUT2D eigenvalue weighted by atomic mass is 35.5. The summed E-state index contributed by atoms with van der Waals surface area (Å²) in [6.07, 6.45) is 0.952. The lowest BCUT2D eigenvalue weighted by Crippen LogP contribution is -2.40. The van der Waals surface area contributed by atoms with Crippen molar-refractivity contribution in [2.45, 2.75) is 23.9 Å². The van der Waals surface area contributed by atoms with E-state index in [1.165, 1.54) is 30.4 Å². The van der Waals surface area contributed by atoms with Crippen LogP contribution in [0, 0.1) is 0 Å². The van der Waals surface area contributed by atoms with Crippen LogP contribution in [0.2, 0.25) is 5.02 Å². The van der Waals surface area contributed by atoms with Gasteiger partial charge in [0.1, 0.15) is 10.6 Å². The summed E-state index contributed by atoms with van der Waals surface area (Å²) in [5.74, 6) is 0.516. The molecule has 158 valence electrons. The quantitative estimate of drug-likeness (QED) is 0.562. The monoisotopic (exact) mass is 462 g/mol. The molecule has 1 unspecified atom stereocenters. The maximum absolute atomic E-state index is 13.0. The number of methoxy groups -OCH3 is 1. The fraction of sp³-hybridized carbons (Fsp3) is 0.273. The van der Waals surface area contributed by atoms with Crippen LogP contribution in [-0.4, -0.2) is 33.5 Å². The van der Waals surface area contributed by atoms with E-state index in [0.717, 1.165) is 25.1 Å². The highest BCUT2D eigenvalue weighted by Crippen LogP contribution is 2.30. The second kappa shape index (κ2) is 9.08. The van der Waals surface area contributed by atoms with Gasteiger partial charge in [0.15, 0.2) is 0 Å². The van der Waals surface area contributed by atoms with Gasteiger partial charge in [-0.2, -0.15) is 11.3 Å². The van der Waals surface area contributed by atoms with Crippen molar-refractivity contribution in [3.63, 3.8) is 0 Å². The van der Waals surface area contributed by atoms with Gasteiger partial charge < -0.3 is 4.74 Å². The van der Waals surface area contributed by atoms with Crippen molar-refractivity contribution in [1.82, 2.24) is 9.62 Å². The van der Waals surface area contributed by atoms with Gasteiger partial charge in [-0.3, -0.25) is 4.90 Å². The number of ether oxygens (including phenoxy) is 1. The van der Waals surface area contributed by atoms with Crippen LogP contribution in [0.3, 0.4) is 0 Å². The minimum Gasteiger partial charge on any atom is -0.497 e. The third-order valence-corrected chi connectivity index (χ3v) is 8.03. The summed E-state index contributed by atoms with van der Waals surface area (Å²) in [5.41, 5.74) is 3.77. The number of benzene rings is 2. The molecule has 0 spiro atoms. The maximum Gasteiger partial charge on any atom is 0.242 e. The minimum atomic E-state index is -3.76. The van der Waals surface area contributed by atoms with Gasteiger partial charge >= 0.3 is 0 Å². The molecule has 30 heavy (non-hydrogen) atoms. The molecule has 0 amide bonds. The van der Waals surface area contributed by atoms with Crippen molar-refractivity contribution in [2.75, 3.05) is 20.2 Å². The lowest BCUT2D eigenvalue weighted by Gasteiger charge is -2.35. The summed E-state index contributed by atoms with van der Waals surface area (Å²) >= 11 is 7.82. The molecule has 1 aliphatic heterocycles. The number of rotatable bonds is 7. The number of sulfonamides is 1. The molecule has 5 nitrogen and oxygen atoms in total. The fourth-order valence-corrected chi connectivity index (χ4v) is 6.08. The first-order chi connectivity index (χ1) is 14.5. The fourth-order valence-electron chi connectivity index (χ4n) is 3.80. The Morgan fingerprint density at radius 3 is 2.70 bits per heavy atom. The number of hydrogen-bond donors (Lipinski definition) is 1. The Bertz CT molecular complexity index is 1120. The molecule has 4 rings (SSSR count). The number of hydrogen-bond acceptors (Lipinski definition) is 5. The van der Waals surface area contributed by atoms with Crippen molar-refractivity contribution in [1.29, 1.82) is 0 Å². The predicted octanol–water partition coefficient (Wildman–Crippen LogP) is 4.49. The van der Waals surface area contributed by atoms with E-state index >= 15 is 0 Å². The molecule has 3 aromatic rings. The smallest absolute Gasteiger partial charge is 0.242 e. The molecule has 0 saturated carbocycles. The van der Waals surface area contributed by atoms with E-state index in [1.54, 1.807) is 17.4 Å². The van der Waals surface area contributed by atoms with E-state index in [1.807, 2.05) is 5.38 Å². The van der Waals surface area contributed by atoms with Crippen molar-refractivity contribution in [3.8, 4) is 5.75 Å². The number of nitrogens with zero attached hydrogens (tertiary/aromatic N) is 1. The highest BCUT2D eigenvalue weighted by Gasteiger charge is 2.27. The first-order valence-electron chi connectivity index (χ1n) is 9.64. The van der Waals surface area contributed by atoms with E-state index in [9.17, 15) is 8.42 Å². The number of thiophene rings is 1. The third kappa shape index (κ3) is 4.55. The van der Waals surface area contributed by atoms with Crippen LogP contribution in [0.4, 0.5) is 0 Å². The average Bonchev–Trinajstić information content (AvgIpc) is 3.28. The van der Waals surface area contributed by atoms with Crippen LogP contribution in [0.5, 0.6) is 5.75 Å². The normalized spacial score (nSPS) is 15.5. The molecule has 0 saturated heterocycles. The average molecular weight is 463 g/mol. The first kappa shape index (κ1) is 21.3. The molecule has 0 aliphatic carbocycles. The minimum absolute atomic E-state index is 0.0537. The predicted molar refractivity (Wildman–Crippen MR) is 121 cm³/mol. The third-order valence-electron chi connectivity index (χ3n) is 5.42. The Morgan fingerprint density at radius 1 is 1.20 bits per heavy atom. The molecule has 0 radical (unpaired) electrons. The molecule has 2 heterocycles. The number of fused-ring (bicyclic) bond motifs is 1. The van der Waals surface area contributed by atoms with Crippen molar-refractivity contribution in [3.05, 3.63) is 81.0 Å². The topological polar surface area (TPSA) is 58.6 Å². The maximum atomic E-state index is 13.0. The zero-order valence-electron chi connectivity index (χ0n) is 16.5. The van der Waals surface area contributed by atoms with E-state index in [4.69, 9.17) is 16.3 Å². The van der Waals surface area contributed by atoms with Crippen molar-refractivity contribution >= 4 is 33.0 Å². The lowest BCUT2D eigenvalue weighted by molar-refractivity contribution is 0.181. The van der Waals surface area contributed by atoms with Crippen LogP contribution >= 0.6 is 22.9 Å². The molecule has 1 N–H and O–H groups in total. The van der Waals surface area contributed by atoms with E-state index in [-0.39, 0.29) is 22.5 Å². The van der Waals surface area contributed by atoms with Crippen molar-refractivity contribution < 1.29 is 13.2 Å². The Morgan fingerprint density at radius 2 is 2.00 bits per heavy atom. The largest absolute Gasteiger partial charge is 0.497 e. The number of halogens is 1. The molecule has 0 fully saturated rings. The summed E-state index contributed by atoms with van der Waals surface area (Å²) in [6, 6.07) is 15.0. The van der Waals surface area contributed by atoms with Gasteiger partial charge in [0.05, 0.1) is 12.1 Å². The Labute approximate surface area is 186 Å². The van der Waals surface area contributed by atoms with E-state index in [2.05, 4.69) is 45.3 Å². The van der Waals surface area contributed by atoms with E-state index in [0.29, 0.717) is 5.75 Å². The van der Waals surface area contributed by atoms with Gasteiger partial charge in [-0.25, -0.2) is 13.1 Å². The Kier molecular flexibility index (Phi) is 6.46. The molecule has 1 aliphatic rings. The Balaban J connectivity index is 1.55. The molecule has 2 aromatic carbocycles. The standard InChI is InChI=1S/C22H23ClN2O3S2/c1-28-19-6-7-22(20(23)12-19)30(26,27)24-13-21(18-9-11-29-15-18)25-10-8-16-4-2-3-5-17(16)14-25/h2-7,9,11-12,15,21,24H,8,10,13-14H2,1H3. The van der Waals surface area contributed by atoms with Crippen LogP contribution < -0.4 is 9.46 Å². The van der Waals surface area contributed by atoms with Crippen LogP contribution in [-0.2, 0) is 23.0 Å². The summed E-state index contributed by atoms with van der Waals surface area (Å²) in [4.78, 5) is 2.39. The second-order valence-electron chi connectivity index (χ2n) is 7.21. The highest BCUT2D eigenvalue weighted by molar-refractivity contribution is 7.89. The van der Waals surface area contributed by atoms with Gasteiger partial charge in [0, 0.05) is 31.7 Å². The molecule has 8 heteroatoms. The number of nitrogens with one attached hydrogen (secondary N) is 1. The summed E-state index contributed by atoms with van der Waals surface area (Å²) in [6.45, 7) is 1.94. The summed E-state index contributed by atoms with van der Waals surface area (Å²) in [7, 11) is -2.25. The zero-order valence-corrected chi connectivity index (χ0v) is 18.9. The van der Waals surface area contributed by atoms with Gasteiger partial charge in [0.2, 0.25) is 10.0 Å². The zero-order chi connectivity index (χ0) is 21.1. The lowest BCUT2D eigenvalue weighted by atomic mass is 9.97. The van der Waals surface area contributed by atoms with Gasteiger partial charge in [0.25, 0.3) is 0 Å². The van der Waals surface area contributed by atoms with Gasteiger partial charge in [-0.1, -0.05) is 35.9 Å². The van der Waals surface area contributed by atoms with Gasteiger partial charge in [-0.15, -0.1) is 0 Å². The SMILES string of the molecule is COc1ccc(S(=O)(=O)NCC(c2ccsc2)N2CCc3ccccc3C2)c(Cl)c1. The Hall–Kier alpha value is -1.90. The molecule has 1 aromatic heterocycles. The molecule has 1 atom stereocenters. The van der Waals surface area contributed by atoms with Gasteiger partial charge in [-0.05, 0) is 52.1 Å². The van der Waals surface area contributed by atoms with Crippen LogP contribution in [0.25, 0.3) is 0 Å². The van der Waals surface area contributed by atoms with E-state index < -0.39 is 10.0 Å². The molecular formula is C22H23ClN2O3S2. The molecule has 0 bridgehead atoms. The molecular weight excluding hydrogens is 440 g/mol. The summed E-state index contributed by atoms with van der Waals surface area (Å²) < 4.78 is 33.8. The second-order valence-corrected chi connectivity index (χ2v) is 10.1. The van der Waals surface area contributed by atoms with Crippen LogP contribution in [0.15, 0.2) is 64.2 Å². The van der Waals surface area contributed by atoms with Crippen LogP contribution in [0.1, 0.15) is 22.7 Å². The summed E-state index contributed by atoms with van der Waals surface area (Å²) in [5, 5.41) is 4.25. The first-order valence-corrected chi connectivity index (χ1v) is 12.4.